The number of carbonyl (C=O) groups excluding carboxylic acids is 1. The van der Waals surface area contributed by atoms with Gasteiger partial charge in [0.2, 0.25) is 5.78 Å². The monoisotopic (exact) mass is 268 g/mol. The van der Waals surface area contributed by atoms with E-state index in [0.29, 0.717) is 17.0 Å². The number of anilines is 1. The topological polar surface area (TPSA) is 51.2 Å². The molecule has 1 aromatic carbocycles. The standard InChI is InChI=1S/C16H16N2O2/c1-20-14-8-4-10-18-15(14)16(19)12-5-2-7-13-11(12)6-3-9-17-13/h2,4-5,7-8,10,17H,3,6,9H2,1H3. The second-order valence-electron chi connectivity index (χ2n) is 4.75. The summed E-state index contributed by atoms with van der Waals surface area (Å²) in [5.74, 6) is 0.432. The van der Waals surface area contributed by atoms with Crippen molar-refractivity contribution in [2.75, 3.05) is 19.0 Å². The number of ether oxygens (including phenoxy) is 1. The van der Waals surface area contributed by atoms with Crippen molar-refractivity contribution in [1.82, 2.24) is 4.98 Å². The first-order valence-corrected chi connectivity index (χ1v) is 6.70. The first-order valence-electron chi connectivity index (χ1n) is 6.70. The molecule has 1 N–H and O–H groups in total. The number of rotatable bonds is 3. The molecule has 1 aromatic heterocycles. The highest BCUT2D eigenvalue weighted by atomic mass is 16.5. The van der Waals surface area contributed by atoms with Crippen LogP contribution in [0.5, 0.6) is 5.75 Å². The Balaban J connectivity index is 2.07. The molecule has 0 bridgehead atoms. The highest BCUT2D eigenvalue weighted by Gasteiger charge is 2.21. The summed E-state index contributed by atoms with van der Waals surface area (Å²) in [5.41, 5.74) is 3.22. The Kier molecular flexibility index (Phi) is 3.37. The predicted octanol–water partition coefficient (Wildman–Crippen LogP) is 2.68. The summed E-state index contributed by atoms with van der Waals surface area (Å²) < 4.78 is 5.23. The zero-order valence-corrected chi connectivity index (χ0v) is 11.3. The van der Waals surface area contributed by atoms with E-state index < -0.39 is 0 Å². The van der Waals surface area contributed by atoms with Crippen LogP contribution in [0.1, 0.15) is 28.0 Å². The molecule has 4 nitrogen and oxygen atoms in total. The number of benzene rings is 1. The fraction of sp³-hybridized carbons (Fsp3) is 0.250. The van der Waals surface area contributed by atoms with E-state index >= 15 is 0 Å². The largest absolute Gasteiger partial charge is 0.494 e. The van der Waals surface area contributed by atoms with Gasteiger partial charge >= 0.3 is 0 Å². The molecule has 0 fully saturated rings. The Bertz CT molecular complexity index is 653. The van der Waals surface area contributed by atoms with E-state index in [0.717, 1.165) is 30.6 Å². The van der Waals surface area contributed by atoms with Gasteiger partial charge in [0.15, 0.2) is 5.69 Å². The number of hydrogen-bond acceptors (Lipinski definition) is 4. The molecule has 20 heavy (non-hydrogen) atoms. The summed E-state index contributed by atoms with van der Waals surface area (Å²) >= 11 is 0. The number of nitrogens with one attached hydrogen (secondary N) is 1. The number of ketones is 1. The lowest BCUT2D eigenvalue weighted by Gasteiger charge is -2.20. The SMILES string of the molecule is COc1cccnc1C(=O)c1cccc2c1CCCN2. The van der Waals surface area contributed by atoms with Gasteiger partial charge in [0.25, 0.3) is 0 Å². The molecule has 3 rings (SSSR count). The maximum atomic E-state index is 12.7. The van der Waals surface area contributed by atoms with Crippen LogP contribution < -0.4 is 10.1 Å². The van der Waals surface area contributed by atoms with Crippen LogP contribution in [0.2, 0.25) is 0 Å². The molecule has 0 saturated carbocycles. The molecule has 1 aliphatic heterocycles. The Morgan fingerprint density at radius 1 is 1.30 bits per heavy atom. The zero-order chi connectivity index (χ0) is 13.9. The fourth-order valence-corrected chi connectivity index (χ4v) is 2.58. The smallest absolute Gasteiger partial charge is 0.215 e. The molecular weight excluding hydrogens is 252 g/mol. The van der Waals surface area contributed by atoms with Crippen LogP contribution in [0.25, 0.3) is 0 Å². The third kappa shape index (κ3) is 2.13. The average Bonchev–Trinajstić information content (AvgIpc) is 2.53. The molecule has 0 atom stereocenters. The van der Waals surface area contributed by atoms with Crippen LogP contribution in [0.3, 0.4) is 0 Å². The van der Waals surface area contributed by atoms with Crippen LogP contribution in [0.15, 0.2) is 36.5 Å². The van der Waals surface area contributed by atoms with Crippen molar-refractivity contribution in [3.8, 4) is 5.75 Å². The van der Waals surface area contributed by atoms with Crippen molar-refractivity contribution in [2.24, 2.45) is 0 Å². The second kappa shape index (κ2) is 5.33. The van der Waals surface area contributed by atoms with Gasteiger partial charge < -0.3 is 10.1 Å². The van der Waals surface area contributed by atoms with Gasteiger partial charge in [0.05, 0.1) is 7.11 Å². The summed E-state index contributed by atoms with van der Waals surface area (Å²) in [4.78, 5) is 16.9. The Labute approximate surface area is 117 Å². The van der Waals surface area contributed by atoms with Gasteiger partial charge in [-0.1, -0.05) is 12.1 Å². The predicted molar refractivity (Wildman–Crippen MR) is 77.5 cm³/mol. The Morgan fingerprint density at radius 3 is 3.05 bits per heavy atom. The van der Waals surface area contributed by atoms with Crippen LogP contribution in [-0.4, -0.2) is 24.4 Å². The maximum absolute atomic E-state index is 12.7. The molecule has 4 heteroatoms. The summed E-state index contributed by atoms with van der Waals surface area (Å²) in [6, 6.07) is 9.30. The zero-order valence-electron chi connectivity index (χ0n) is 11.3. The van der Waals surface area contributed by atoms with Crippen LogP contribution in [0, 0.1) is 0 Å². The first-order chi connectivity index (χ1) is 9.81. The molecule has 0 amide bonds. The van der Waals surface area contributed by atoms with Crippen LogP contribution in [-0.2, 0) is 6.42 Å². The Morgan fingerprint density at radius 2 is 2.20 bits per heavy atom. The highest BCUT2D eigenvalue weighted by molar-refractivity contribution is 6.11. The van der Waals surface area contributed by atoms with Gasteiger partial charge in [-0.3, -0.25) is 4.79 Å². The molecule has 0 unspecified atom stereocenters. The van der Waals surface area contributed by atoms with E-state index in [2.05, 4.69) is 10.3 Å². The minimum atomic E-state index is -0.0806. The number of aromatic nitrogens is 1. The summed E-state index contributed by atoms with van der Waals surface area (Å²) in [5, 5.41) is 3.33. The number of nitrogens with zero attached hydrogens (tertiary/aromatic N) is 1. The summed E-state index contributed by atoms with van der Waals surface area (Å²) in [6.45, 7) is 0.956. The number of pyridine rings is 1. The molecular formula is C16H16N2O2. The Hall–Kier alpha value is -2.36. The van der Waals surface area contributed by atoms with E-state index in [1.54, 1.807) is 25.4 Å². The summed E-state index contributed by atoms with van der Waals surface area (Å²) in [6.07, 6.45) is 3.57. The van der Waals surface area contributed by atoms with E-state index in [1.807, 2.05) is 18.2 Å². The number of methoxy groups -OCH3 is 1. The van der Waals surface area contributed by atoms with Crippen LogP contribution in [0.4, 0.5) is 5.69 Å². The normalized spacial score (nSPS) is 13.2. The molecule has 102 valence electrons. The lowest BCUT2D eigenvalue weighted by Crippen LogP contribution is -2.16. The van der Waals surface area contributed by atoms with Gasteiger partial charge in [-0.05, 0) is 36.6 Å². The van der Waals surface area contributed by atoms with Crippen LogP contribution >= 0.6 is 0 Å². The van der Waals surface area contributed by atoms with Crippen molar-refractivity contribution in [3.63, 3.8) is 0 Å². The van der Waals surface area contributed by atoms with Gasteiger partial charge in [0, 0.05) is 24.0 Å². The number of carbonyl (C=O) groups is 1. The lowest BCUT2D eigenvalue weighted by atomic mass is 9.94. The number of hydrogen-bond donors (Lipinski definition) is 1. The van der Waals surface area contributed by atoms with Crippen molar-refractivity contribution in [1.29, 1.82) is 0 Å². The third-order valence-electron chi connectivity index (χ3n) is 3.55. The molecule has 0 saturated heterocycles. The fourth-order valence-electron chi connectivity index (χ4n) is 2.58. The summed E-state index contributed by atoms with van der Waals surface area (Å²) in [7, 11) is 1.55. The minimum Gasteiger partial charge on any atom is -0.494 e. The second-order valence-corrected chi connectivity index (χ2v) is 4.75. The lowest BCUT2D eigenvalue weighted by molar-refractivity contribution is 0.103. The van der Waals surface area contributed by atoms with Crippen molar-refractivity contribution in [3.05, 3.63) is 53.3 Å². The molecule has 2 aromatic rings. The van der Waals surface area contributed by atoms with Gasteiger partial charge in [0.1, 0.15) is 5.75 Å². The third-order valence-corrected chi connectivity index (χ3v) is 3.55. The molecule has 2 heterocycles. The van der Waals surface area contributed by atoms with Gasteiger partial charge in [-0.15, -0.1) is 0 Å². The van der Waals surface area contributed by atoms with Crippen molar-refractivity contribution in [2.45, 2.75) is 12.8 Å². The average molecular weight is 268 g/mol. The van der Waals surface area contributed by atoms with E-state index in [-0.39, 0.29) is 5.78 Å². The van der Waals surface area contributed by atoms with E-state index in [4.69, 9.17) is 4.74 Å². The molecule has 0 aliphatic carbocycles. The van der Waals surface area contributed by atoms with Gasteiger partial charge in [-0.25, -0.2) is 4.98 Å². The van der Waals surface area contributed by atoms with Crippen molar-refractivity contribution >= 4 is 11.5 Å². The maximum Gasteiger partial charge on any atom is 0.215 e. The minimum absolute atomic E-state index is 0.0806. The van der Waals surface area contributed by atoms with E-state index in [1.165, 1.54) is 0 Å². The molecule has 1 aliphatic rings. The van der Waals surface area contributed by atoms with E-state index in [9.17, 15) is 4.79 Å². The molecule has 0 radical (unpaired) electrons. The molecule has 0 spiro atoms. The quantitative estimate of drug-likeness (QED) is 0.870. The first kappa shape index (κ1) is 12.7. The highest BCUT2D eigenvalue weighted by Crippen LogP contribution is 2.28. The van der Waals surface area contributed by atoms with Crippen molar-refractivity contribution < 1.29 is 9.53 Å². The number of fused-ring (bicyclic) bond motifs is 1. The van der Waals surface area contributed by atoms with Gasteiger partial charge in [-0.2, -0.15) is 0 Å².